The van der Waals surface area contributed by atoms with Gasteiger partial charge in [-0.2, -0.15) is 0 Å². The van der Waals surface area contributed by atoms with Gasteiger partial charge in [0.05, 0.1) is 38.8 Å². The minimum Gasteiger partial charge on any atom is -0.493 e. The monoisotopic (exact) mass is 423 g/mol. The van der Waals surface area contributed by atoms with E-state index in [9.17, 15) is 9.59 Å². The lowest BCUT2D eigenvalue weighted by Gasteiger charge is -2.21. The van der Waals surface area contributed by atoms with Crippen LogP contribution < -0.4 is 19.5 Å². The van der Waals surface area contributed by atoms with Gasteiger partial charge >= 0.3 is 0 Å². The fourth-order valence-electron chi connectivity index (χ4n) is 3.62. The van der Waals surface area contributed by atoms with E-state index in [0.717, 1.165) is 5.76 Å². The number of ether oxygens (including phenoxy) is 3. The first-order valence-corrected chi connectivity index (χ1v) is 9.58. The second-order valence-corrected chi connectivity index (χ2v) is 6.97. The Morgan fingerprint density at radius 2 is 1.87 bits per heavy atom. The first-order chi connectivity index (χ1) is 15.0. The van der Waals surface area contributed by atoms with Gasteiger partial charge in [0, 0.05) is 30.5 Å². The molecule has 1 aliphatic rings. The smallest absolute Gasteiger partial charge is 0.258 e. The molecule has 0 spiro atoms. The molecule has 0 fully saturated rings. The maximum Gasteiger partial charge on any atom is 0.258 e. The number of hydrogen-bond donors (Lipinski definition) is 1. The van der Waals surface area contributed by atoms with Crippen molar-refractivity contribution in [1.29, 1.82) is 0 Å². The average Bonchev–Trinajstić information content (AvgIpc) is 3.32. The predicted molar refractivity (Wildman–Crippen MR) is 110 cm³/mol. The summed E-state index contributed by atoms with van der Waals surface area (Å²) in [6.07, 6.45) is 3.89. The van der Waals surface area contributed by atoms with Crippen molar-refractivity contribution in [2.75, 3.05) is 26.6 Å². The molecule has 0 radical (unpaired) electrons. The molecule has 4 rings (SSSR count). The number of aromatic nitrogens is 2. The van der Waals surface area contributed by atoms with Crippen molar-refractivity contribution in [2.45, 2.75) is 18.8 Å². The summed E-state index contributed by atoms with van der Waals surface area (Å²) in [4.78, 5) is 33.9. The molecular weight excluding hydrogens is 402 g/mol. The molecule has 1 aromatic carbocycles. The number of nitrogens with one attached hydrogen (secondary N) is 1. The largest absolute Gasteiger partial charge is 0.493 e. The van der Waals surface area contributed by atoms with Crippen LogP contribution >= 0.6 is 0 Å². The fourth-order valence-corrected chi connectivity index (χ4v) is 3.62. The van der Waals surface area contributed by atoms with Crippen molar-refractivity contribution < 1.29 is 28.2 Å². The number of fused-ring (bicyclic) bond motifs is 1. The molecule has 0 bridgehead atoms. The minimum absolute atomic E-state index is 0.0508. The molecule has 9 heteroatoms. The molecule has 1 atom stereocenters. The highest BCUT2D eigenvalue weighted by atomic mass is 16.5. The summed E-state index contributed by atoms with van der Waals surface area (Å²) in [5, 5.41) is 2.67. The van der Waals surface area contributed by atoms with Gasteiger partial charge in [-0.25, -0.2) is 9.97 Å². The zero-order valence-corrected chi connectivity index (χ0v) is 17.3. The summed E-state index contributed by atoms with van der Waals surface area (Å²) in [6.45, 7) is 0. The van der Waals surface area contributed by atoms with Crippen molar-refractivity contribution in [3.8, 4) is 17.2 Å². The third-order valence-corrected chi connectivity index (χ3v) is 5.14. The summed E-state index contributed by atoms with van der Waals surface area (Å²) in [5.74, 6) is 1.33. The number of hydrogen-bond acceptors (Lipinski definition) is 8. The highest BCUT2D eigenvalue weighted by Gasteiger charge is 2.29. The summed E-state index contributed by atoms with van der Waals surface area (Å²) < 4.78 is 21.3. The molecule has 1 N–H and O–H groups in total. The lowest BCUT2D eigenvalue weighted by Crippen LogP contribution is -2.22. The van der Waals surface area contributed by atoms with Crippen molar-refractivity contribution in [3.63, 3.8) is 0 Å². The first-order valence-electron chi connectivity index (χ1n) is 9.58. The molecule has 2 aromatic heterocycles. The molecule has 0 saturated carbocycles. The van der Waals surface area contributed by atoms with E-state index in [0.29, 0.717) is 41.3 Å². The van der Waals surface area contributed by atoms with Crippen LogP contribution in [0.3, 0.4) is 0 Å². The number of Topliss-reactive ketones (excluding diaryl/α,β-unsaturated/α-hetero) is 1. The van der Waals surface area contributed by atoms with Crippen LogP contribution in [-0.2, 0) is 6.42 Å². The second-order valence-electron chi connectivity index (χ2n) is 6.97. The Hall–Kier alpha value is -3.88. The standard InChI is InChI=1S/C22H21N3O6/c1-28-18-9-13(10-19(29-2)20(18)30-3)21(27)25-22-23-11-14-15(24-22)7-12(8-16(14)26)17-5-4-6-31-17/h4-6,9-12H,7-8H2,1-3H3,(H,23,24,25,27). The fraction of sp³-hybridized carbons (Fsp3) is 0.273. The number of anilines is 1. The first kappa shape index (κ1) is 20.4. The van der Waals surface area contributed by atoms with Crippen LogP contribution in [0.2, 0.25) is 0 Å². The molecule has 160 valence electrons. The maximum atomic E-state index is 12.8. The van der Waals surface area contributed by atoms with Gasteiger partial charge in [0.2, 0.25) is 11.7 Å². The lowest BCUT2D eigenvalue weighted by molar-refractivity contribution is 0.0958. The van der Waals surface area contributed by atoms with Gasteiger partial charge in [0.25, 0.3) is 5.91 Å². The third-order valence-electron chi connectivity index (χ3n) is 5.14. The van der Waals surface area contributed by atoms with Crippen LogP contribution in [0.15, 0.2) is 41.1 Å². The summed E-state index contributed by atoms with van der Waals surface area (Å²) >= 11 is 0. The molecule has 2 heterocycles. The van der Waals surface area contributed by atoms with Crippen LogP contribution in [0.1, 0.15) is 44.5 Å². The van der Waals surface area contributed by atoms with Gasteiger partial charge in [-0.3, -0.25) is 14.9 Å². The van der Waals surface area contributed by atoms with E-state index in [1.165, 1.54) is 39.7 Å². The number of methoxy groups -OCH3 is 3. The van der Waals surface area contributed by atoms with Gasteiger partial charge in [0.15, 0.2) is 17.3 Å². The number of ketones is 1. The molecule has 3 aromatic rings. The highest BCUT2D eigenvalue weighted by molar-refractivity contribution is 6.04. The van der Waals surface area contributed by atoms with E-state index in [2.05, 4.69) is 15.3 Å². The number of furan rings is 1. The Labute approximate surface area is 178 Å². The predicted octanol–water partition coefficient (Wildman–Crippen LogP) is 3.26. The van der Waals surface area contributed by atoms with Crippen molar-refractivity contribution in [3.05, 3.63) is 59.3 Å². The van der Waals surface area contributed by atoms with Crippen LogP contribution in [0, 0.1) is 0 Å². The summed E-state index contributed by atoms with van der Waals surface area (Å²) in [6, 6.07) is 6.70. The molecule has 0 saturated heterocycles. The van der Waals surface area contributed by atoms with E-state index in [1.54, 1.807) is 12.3 Å². The minimum atomic E-state index is -0.455. The third kappa shape index (κ3) is 3.94. The van der Waals surface area contributed by atoms with Gasteiger partial charge in [0.1, 0.15) is 5.76 Å². The zero-order valence-electron chi connectivity index (χ0n) is 17.3. The van der Waals surface area contributed by atoms with Gasteiger partial charge < -0.3 is 18.6 Å². The molecule has 31 heavy (non-hydrogen) atoms. The Kier molecular flexibility index (Phi) is 5.57. The molecule has 1 unspecified atom stereocenters. The maximum absolute atomic E-state index is 12.8. The van der Waals surface area contributed by atoms with Crippen LogP contribution in [0.5, 0.6) is 17.2 Å². The Balaban J connectivity index is 1.59. The number of carbonyl (C=O) groups is 2. The van der Waals surface area contributed by atoms with Crippen molar-refractivity contribution in [1.82, 2.24) is 9.97 Å². The van der Waals surface area contributed by atoms with E-state index >= 15 is 0 Å². The highest BCUT2D eigenvalue weighted by Crippen LogP contribution is 2.38. The molecular formula is C22H21N3O6. The zero-order chi connectivity index (χ0) is 22.0. The van der Waals surface area contributed by atoms with Crippen molar-refractivity contribution in [2.24, 2.45) is 0 Å². The summed E-state index contributed by atoms with van der Waals surface area (Å²) in [7, 11) is 4.42. The van der Waals surface area contributed by atoms with Crippen molar-refractivity contribution >= 4 is 17.6 Å². The average molecular weight is 423 g/mol. The number of rotatable bonds is 6. The number of benzene rings is 1. The molecule has 1 aliphatic carbocycles. The summed E-state index contributed by atoms with van der Waals surface area (Å²) in [5.41, 5.74) is 1.32. The topological polar surface area (TPSA) is 113 Å². The quantitative estimate of drug-likeness (QED) is 0.643. The lowest BCUT2D eigenvalue weighted by atomic mass is 9.85. The number of nitrogens with zero attached hydrogens (tertiary/aromatic N) is 2. The van der Waals surface area contributed by atoms with Gasteiger partial charge in [-0.05, 0) is 24.3 Å². The SMILES string of the molecule is COc1cc(C(=O)Nc2ncc3c(n2)CC(c2ccco2)CC3=O)cc(OC)c1OC. The van der Waals surface area contributed by atoms with Gasteiger partial charge in [-0.1, -0.05) is 0 Å². The molecule has 9 nitrogen and oxygen atoms in total. The Morgan fingerprint density at radius 1 is 1.13 bits per heavy atom. The van der Waals surface area contributed by atoms with E-state index in [1.807, 2.05) is 6.07 Å². The normalized spacial score (nSPS) is 15.2. The van der Waals surface area contributed by atoms with E-state index < -0.39 is 5.91 Å². The van der Waals surface area contributed by atoms with Gasteiger partial charge in [-0.15, -0.1) is 0 Å². The van der Waals surface area contributed by atoms with E-state index in [4.69, 9.17) is 18.6 Å². The molecule has 1 amide bonds. The number of carbonyl (C=O) groups excluding carboxylic acids is 2. The van der Waals surface area contributed by atoms with Crippen LogP contribution in [-0.4, -0.2) is 43.0 Å². The second kappa shape index (κ2) is 8.47. The number of amides is 1. The Morgan fingerprint density at radius 3 is 2.48 bits per heavy atom. The van der Waals surface area contributed by atoms with E-state index in [-0.39, 0.29) is 23.2 Å². The van der Waals surface area contributed by atoms with Crippen LogP contribution in [0.25, 0.3) is 0 Å². The Bertz CT molecular complexity index is 1100. The van der Waals surface area contributed by atoms with Crippen LogP contribution in [0.4, 0.5) is 5.95 Å². The molecule has 0 aliphatic heterocycles.